The van der Waals surface area contributed by atoms with E-state index in [1.165, 1.54) is 24.3 Å². The molecule has 0 aliphatic carbocycles. The van der Waals surface area contributed by atoms with Gasteiger partial charge in [-0.25, -0.2) is 4.79 Å². The molecule has 0 aromatic heterocycles. The van der Waals surface area contributed by atoms with Crippen molar-refractivity contribution >= 4 is 5.97 Å². The molecule has 4 heteroatoms. The topological polar surface area (TPSA) is 72.5 Å². The van der Waals surface area contributed by atoms with Crippen LogP contribution in [0.5, 0.6) is 5.75 Å². The summed E-state index contributed by atoms with van der Waals surface area (Å²) in [5.41, 5.74) is 0.214. The number of benzene rings is 1. The van der Waals surface area contributed by atoms with E-state index in [-0.39, 0.29) is 5.56 Å². The molecule has 0 radical (unpaired) electrons. The predicted molar refractivity (Wildman–Crippen MR) is 38.2 cm³/mol. The molecule has 0 atom stereocenters. The fraction of sp³-hybridized carbons (Fsp3) is 0. The zero-order valence-electron chi connectivity index (χ0n) is 5.65. The Bertz CT molecular complexity index is 255. The molecule has 0 aliphatic heterocycles. The van der Waals surface area contributed by atoms with E-state index in [0.29, 0.717) is 5.75 Å². The number of rotatable bonds is 2. The monoisotopic (exact) mass is 153 g/mol. The molecule has 0 saturated heterocycles. The molecule has 1 aromatic rings. The Morgan fingerprint density at radius 3 is 2.27 bits per heavy atom. The number of hydrogen-bond acceptors (Lipinski definition) is 3. The fourth-order valence-electron chi connectivity index (χ4n) is 0.676. The molecule has 1 aromatic carbocycles. The van der Waals surface area contributed by atoms with Crippen LogP contribution in [0, 0.1) is 0 Å². The van der Waals surface area contributed by atoms with Crippen molar-refractivity contribution in [1.82, 2.24) is 0 Å². The smallest absolute Gasteiger partial charge is 0.335 e. The highest BCUT2D eigenvalue weighted by molar-refractivity contribution is 5.87. The summed E-state index contributed by atoms with van der Waals surface area (Å²) in [5.74, 6) is 4.30. The first-order valence-corrected chi connectivity index (χ1v) is 2.94. The Morgan fingerprint density at radius 2 is 1.91 bits per heavy atom. The summed E-state index contributed by atoms with van der Waals surface area (Å²) in [6.07, 6.45) is 0. The maximum atomic E-state index is 10.3. The molecular weight excluding hydrogens is 146 g/mol. The highest BCUT2D eigenvalue weighted by atomic mass is 16.6. The van der Waals surface area contributed by atoms with Crippen LogP contribution in [0.15, 0.2) is 24.3 Å². The lowest BCUT2D eigenvalue weighted by atomic mass is 10.2. The SMILES string of the molecule is NOc1ccc(C(=O)O)cc1. The molecule has 1 rings (SSSR count). The van der Waals surface area contributed by atoms with Gasteiger partial charge in [-0.05, 0) is 24.3 Å². The zero-order chi connectivity index (χ0) is 8.27. The van der Waals surface area contributed by atoms with Gasteiger partial charge in [-0.3, -0.25) is 0 Å². The van der Waals surface area contributed by atoms with Gasteiger partial charge in [0.15, 0.2) is 0 Å². The quantitative estimate of drug-likeness (QED) is 0.611. The van der Waals surface area contributed by atoms with Gasteiger partial charge in [0.2, 0.25) is 0 Å². The first-order chi connectivity index (χ1) is 5.24. The first kappa shape index (κ1) is 7.56. The average Bonchev–Trinajstić information content (AvgIpc) is 2.05. The second kappa shape index (κ2) is 3.03. The Labute approximate surface area is 63.2 Å². The number of carbonyl (C=O) groups is 1. The van der Waals surface area contributed by atoms with Gasteiger partial charge >= 0.3 is 5.97 Å². The largest absolute Gasteiger partial charge is 0.478 e. The standard InChI is InChI=1S/C7H7NO3/c8-11-6-3-1-5(2-4-6)7(9)10/h1-4H,8H2,(H,9,10). The zero-order valence-corrected chi connectivity index (χ0v) is 5.65. The Morgan fingerprint density at radius 1 is 1.36 bits per heavy atom. The van der Waals surface area contributed by atoms with E-state index in [9.17, 15) is 4.79 Å². The van der Waals surface area contributed by atoms with E-state index in [1.807, 2.05) is 0 Å². The molecule has 0 heterocycles. The van der Waals surface area contributed by atoms with E-state index in [4.69, 9.17) is 11.0 Å². The third-order valence-corrected chi connectivity index (χ3v) is 1.24. The molecule has 0 fully saturated rings. The fourth-order valence-corrected chi connectivity index (χ4v) is 0.676. The molecule has 0 bridgehead atoms. The van der Waals surface area contributed by atoms with Crippen LogP contribution >= 0.6 is 0 Å². The molecule has 3 N–H and O–H groups in total. The maximum Gasteiger partial charge on any atom is 0.335 e. The van der Waals surface area contributed by atoms with Crippen molar-refractivity contribution in [2.75, 3.05) is 0 Å². The minimum atomic E-state index is -0.964. The molecule has 11 heavy (non-hydrogen) atoms. The van der Waals surface area contributed by atoms with Crippen LogP contribution in [0.2, 0.25) is 0 Å². The molecular formula is C7H7NO3. The van der Waals surface area contributed by atoms with Gasteiger partial charge in [0.1, 0.15) is 5.75 Å². The highest BCUT2D eigenvalue weighted by Gasteiger charge is 2.00. The summed E-state index contributed by atoms with van der Waals surface area (Å²) in [4.78, 5) is 14.7. The van der Waals surface area contributed by atoms with Crippen LogP contribution in [0.25, 0.3) is 0 Å². The molecule has 0 amide bonds. The third kappa shape index (κ3) is 1.68. The van der Waals surface area contributed by atoms with Gasteiger partial charge in [0.05, 0.1) is 5.56 Å². The number of carboxylic acid groups (broad SMARTS) is 1. The molecule has 0 unspecified atom stereocenters. The average molecular weight is 153 g/mol. The lowest BCUT2D eigenvalue weighted by Crippen LogP contribution is -2.02. The second-order valence-corrected chi connectivity index (χ2v) is 1.95. The van der Waals surface area contributed by atoms with Crippen LogP contribution in [0.1, 0.15) is 10.4 Å². The van der Waals surface area contributed by atoms with Crippen molar-refractivity contribution in [3.63, 3.8) is 0 Å². The lowest BCUT2D eigenvalue weighted by molar-refractivity contribution is 0.0697. The lowest BCUT2D eigenvalue weighted by Gasteiger charge is -1.97. The van der Waals surface area contributed by atoms with Gasteiger partial charge in [0.25, 0.3) is 0 Å². The highest BCUT2D eigenvalue weighted by Crippen LogP contribution is 2.09. The van der Waals surface area contributed by atoms with Crippen molar-refractivity contribution < 1.29 is 14.7 Å². The van der Waals surface area contributed by atoms with E-state index >= 15 is 0 Å². The predicted octanol–water partition coefficient (Wildman–Crippen LogP) is 0.637. The van der Waals surface area contributed by atoms with Gasteiger partial charge in [-0.2, -0.15) is 5.90 Å². The van der Waals surface area contributed by atoms with E-state index < -0.39 is 5.97 Å². The van der Waals surface area contributed by atoms with Crippen molar-refractivity contribution in [1.29, 1.82) is 0 Å². The number of nitrogens with two attached hydrogens (primary N) is 1. The van der Waals surface area contributed by atoms with Crippen molar-refractivity contribution in [3.05, 3.63) is 29.8 Å². The van der Waals surface area contributed by atoms with Crippen LogP contribution in [-0.4, -0.2) is 11.1 Å². The molecule has 0 spiro atoms. The molecule has 0 aliphatic rings. The molecule has 0 saturated carbocycles. The Kier molecular flexibility index (Phi) is 2.08. The number of aromatic carboxylic acids is 1. The summed E-state index contributed by atoms with van der Waals surface area (Å²) in [6, 6.07) is 5.82. The summed E-state index contributed by atoms with van der Waals surface area (Å²) >= 11 is 0. The van der Waals surface area contributed by atoms with Gasteiger partial charge in [-0.15, -0.1) is 0 Å². The summed E-state index contributed by atoms with van der Waals surface area (Å²) in [7, 11) is 0. The number of hydrogen-bond donors (Lipinski definition) is 2. The van der Waals surface area contributed by atoms with E-state index in [2.05, 4.69) is 4.84 Å². The van der Waals surface area contributed by atoms with Gasteiger partial charge in [0, 0.05) is 0 Å². The van der Waals surface area contributed by atoms with Crippen molar-refractivity contribution in [3.8, 4) is 5.75 Å². The van der Waals surface area contributed by atoms with Crippen molar-refractivity contribution in [2.45, 2.75) is 0 Å². The normalized spacial score (nSPS) is 9.18. The van der Waals surface area contributed by atoms with Crippen LogP contribution in [0.3, 0.4) is 0 Å². The van der Waals surface area contributed by atoms with E-state index in [1.54, 1.807) is 0 Å². The molecule has 4 nitrogen and oxygen atoms in total. The minimum Gasteiger partial charge on any atom is -0.478 e. The first-order valence-electron chi connectivity index (χ1n) is 2.94. The summed E-state index contributed by atoms with van der Waals surface area (Å²) < 4.78 is 0. The summed E-state index contributed by atoms with van der Waals surface area (Å²) in [6.45, 7) is 0. The molecule has 58 valence electrons. The minimum absolute atomic E-state index is 0.214. The maximum absolute atomic E-state index is 10.3. The van der Waals surface area contributed by atoms with Crippen molar-refractivity contribution in [2.24, 2.45) is 5.90 Å². The summed E-state index contributed by atoms with van der Waals surface area (Å²) in [5, 5.41) is 8.48. The van der Waals surface area contributed by atoms with Crippen LogP contribution < -0.4 is 10.7 Å². The number of carboxylic acids is 1. The third-order valence-electron chi connectivity index (χ3n) is 1.24. The van der Waals surface area contributed by atoms with Crippen LogP contribution in [0.4, 0.5) is 0 Å². The van der Waals surface area contributed by atoms with Gasteiger partial charge < -0.3 is 9.94 Å². The Balaban J connectivity index is 2.91. The van der Waals surface area contributed by atoms with Gasteiger partial charge in [-0.1, -0.05) is 0 Å². The second-order valence-electron chi connectivity index (χ2n) is 1.95. The van der Waals surface area contributed by atoms with Crippen LogP contribution in [-0.2, 0) is 0 Å². The van der Waals surface area contributed by atoms with E-state index in [0.717, 1.165) is 0 Å². The Hall–Kier alpha value is -1.55.